The van der Waals surface area contributed by atoms with Crippen molar-refractivity contribution in [3.63, 3.8) is 0 Å². The highest BCUT2D eigenvalue weighted by atomic mass is 16.5. The minimum absolute atomic E-state index is 0.0481. The number of pyridine rings is 3. The number of aliphatic hydroxyl groups excluding tert-OH is 1. The maximum Gasteiger partial charge on any atom is 0.141 e. The van der Waals surface area contributed by atoms with Gasteiger partial charge >= 0.3 is 0 Å². The smallest absolute Gasteiger partial charge is 0.141 e. The Morgan fingerprint density at radius 1 is 0.518 bits per heavy atom. The molecule has 0 saturated heterocycles. The Kier molecular flexibility index (Phi) is 17.4. The molecule has 3 aromatic carbocycles. The first-order valence-electron chi connectivity index (χ1n) is 25.9. The fourth-order valence-corrected chi connectivity index (χ4v) is 8.60. The van der Waals surface area contributed by atoms with Crippen LogP contribution in [0.5, 0.6) is 17.2 Å². The van der Waals surface area contributed by atoms with Gasteiger partial charge in [0.2, 0.25) is 0 Å². The van der Waals surface area contributed by atoms with E-state index in [1.807, 2.05) is 110 Å². The van der Waals surface area contributed by atoms with Crippen molar-refractivity contribution in [2.75, 3.05) is 27.2 Å². The van der Waals surface area contributed by atoms with Crippen LogP contribution in [0.1, 0.15) is 33.4 Å². The summed E-state index contributed by atoms with van der Waals surface area (Å²) in [5.41, 5.74) is 8.53. The van der Waals surface area contributed by atoms with Crippen LogP contribution in [0.15, 0.2) is 179 Å². The Hall–Kier alpha value is -11.2. The molecule has 12 aromatic rings. The number of aldehydes is 1. The highest BCUT2D eigenvalue weighted by Crippen LogP contribution is 2.35. The third kappa shape index (κ3) is 13.8. The Morgan fingerprint density at radius 3 is 1.25 bits per heavy atom. The summed E-state index contributed by atoms with van der Waals surface area (Å²) in [5, 5.41) is 52.0. The second kappa shape index (κ2) is 26.2. The SMILES string of the molecule is CN(C)CCn1cc(COc2ccc3oc(-c4ccncc4C#N)cc3c2)cn1.N#Cc1cnccc1-c1cc2cc(OCc3cnn(CC=O)c3)ccc2o1.N#Cc1cnccc1-c1cc2cc(OCc3cnn(CCO)c3)ccc2o1. The molecule has 0 aliphatic carbocycles. The van der Waals surface area contributed by atoms with Crippen molar-refractivity contribution in [3.8, 4) is 69.4 Å². The number of benzene rings is 3. The molecule has 0 fully saturated rings. The quantitative estimate of drug-likeness (QED) is 0.0737. The van der Waals surface area contributed by atoms with Gasteiger partial charge in [-0.1, -0.05) is 0 Å². The van der Waals surface area contributed by atoms with Crippen molar-refractivity contribution in [1.29, 1.82) is 15.8 Å². The standard InChI is InChI=1S/C22H21N5O2.C20H16N4O3.C20H14N4O3/c1-26(2)7-8-27-14-16(12-25-27)15-28-19-3-4-21-17(9-19)10-22(29-21)20-5-6-24-13-18(20)11-23;2*21-9-16-11-22-4-3-18(16)20-8-15-7-17(1-2-19(15)27-20)26-13-14-10-23-24(12-14)5-6-25/h3-6,9-10,12-14H,7-8,15H2,1-2H3;1-4,7-8,10-12,25H,5-6,13H2;1-4,6-8,10-12H,5,13H2. The van der Waals surface area contributed by atoms with Crippen LogP contribution in [0.3, 0.4) is 0 Å². The number of furan rings is 3. The molecule has 0 unspecified atom stereocenters. The van der Waals surface area contributed by atoms with Gasteiger partial charge < -0.3 is 42.3 Å². The van der Waals surface area contributed by atoms with E-state index in [0.717, 1.165) is 69.1 Å². The van der Waals surface area contributed by atoms with Gasteiger partial charge in [-0.25, -0.2) is 0 Å². The van der Waals surface area contributed by atoms with Crippen molar-refractivity contribution >= 4 is 39.2 Å². The topological polar surface area (TPSA) is 271 Å². The maximum atomic E-state index is 10.5. The lowest BCUT2D eigenvalue weighted by atomic mass is 10.1. The molecular weight excluding hydrogens is 1050 g/mol. The summed E-state index contributed by atoms with van der Waals surface area (Å²) in [5.74, 6) is 4.01. The van der Waals surface area contributed by atoms with E-state index in [-0.39, 0.29) is 13.2 Å². The zero-order valence-corrected chi connectivity index (χ0v) is 44.9. The number of aromatic nitrogens is 9. The third-order valence-electron chi connectivity index (χ3n) is 12.7. The predicted molar refractivity (Wildman–Crippen MR) is 304 cm³/mol. The number of fused-ring (bicyclic) bond motifs is 3. The number of hydrogen-bond acceptors (Lipinski definition) is 18. The molecule has 12 rings (SSSR count). The van der Waals surface area contributed by atoms with Gasteiger partial charge in [-0.05, 0) is 105 Å². The van der Waals surface area contributed by atoms with E-state index in [1.54, 1.807) is 64.7 Å². The lowest BCUT2D eigenvalue weighted by Gasteiger charge is -2.08. The summed E-state index contributed by atoms with van der Waals surface area (Å²) in [6.45, 7) is 3.69. The largest absolute Gasteiger partial charge is 0.489 e. The van der Waals surface area contributed by atoms with E-state index < -0.39 is 0 Å². The summed E-state index contributed by atoms with van der Waals surface area (Å²) >= 11 is 0. The molecule has 0 atom stereocenters. The van der Waals surface area contributed by atoms with Crippen molar-refractivity contribution in [2.45, 2.75) is 39.5 Å². The Labute approximate surface area is 474 Å². The highest BCUT2D eigenvalue weighted by Gasteiger charge is 2.15. The molecule has 1 N–H and O–H groups in total. The van der Waals surface area contributed by atoms with Gasteiger partial charge in [0.25, 0.3) is 0 Å². The van der Waals surface area contributed by atoms with E-state index in [4.69, 9.17) is 32.6 Å². The molecule has 0 bridgehead atoms. The second-order valence-corrected chi connectivity index (χ2v) is 18.9. The first-order valence-corrected chi connectivity index (χ1v) is 25.9. The molecule has 0 saturated carbocycles. The number of likely N-dealkylation sites (N-methyl/N-ethyl adjacent to an activating group) is 1. The van der Waals surface area contributed by atoms with Gasteiger partial charge in [-0.15, -0.1) is 0 Å². The first kappa shape index (κ1) is 55.1. The fourth-order valence-electron chi connectivity index (χ4n) is 8.60. The van der Waals surface area contributed by atoms with Crippen LogP contribution in [0.2, 0.25) is 0 Å². The lowest BCUT2D eigenvalue weighted by molar-refractivity contribution is -0.108. The van der Waals surface area contributed by atoms with Gasteiger partial charge in [0, 0.05) is 112 Å². The number of nitrogens with zero attached hydrogens (tertiary/aromatic N) is 13. The highest BCUT2D eigenvalue weighted by molar-refractivity contribution is 5.87. The van der Waals surface area contributed by atoms with Gasteiger partial charge in [-0.3, -0.25) is 29.0 Å². The lowest BCUT2D eigenvalue weighted by Crippen LogP contribution is -2.18. The maximum absolute atomic E-state index is 10.5. The van der Waals surface area contributed by atoms with Gasteiger partial charge in [0.05, 0.1) is 61.5 Å². The average Bonchev–Trinajstić information content (AvgIpc) is 4.60. The minimum atomic E-state index is 0.0481. The molecule has 0 spiro atoms. The van der Waals surface area contributed by atoms with Crippen LogP contribution in [-0.2, 0) is 44.2 Å². The summed E-state index contributed by atoms with van der Waals surface area (Å²) in [6, 6.07) is 34.2. The van der Waals surface area contributed by atoms with Crippen LogP contribution >= 0.6 is 0 Å². The number of aliphatic hydroxyl groups is 1. The molecule has 83 heavy (non-hydrogen) atoms. The molecule has 21 heteroatoms. The molecule has 0 aliphatic heterocycles. The van der Waals surface area contributed by atoms with Crippen LogP contribution in [0.4, 0.5) is 0 Å². The summed E-state index contributed by atoms with van der Waals surface area (Å²) < 4.78 is 40.4. The third-order valence-corrected chi connectivity index (χ3v) is 12.7. The van der Waals surface area contributed by atoms with Crippen molar-refractivity contribution in [1.82, 2.24) is 49.2 Å². The molecular formula is C62H51N13O8. The molecule has 0 amide bonds. The normalized spacial score (nSPS) is 10.9. The van der Waals surface area contributed by atoms with E-state index >= 15 is 0 Å². The Bertz CT molecular complexity index is 4320. The average molecular weight is 1110 g/mol. The molecule has 21 nitrogen and oxygen atoms in total. The van der Waals surface area contributed by atoms with Crippen LogP contribution in [0, 0.1) is 34.0 Å². The van der Waals surface area contributed by atoms with Gasteiger partial charge in [0.15, 0.2) is 0 Å². The van der Waals surface area contributed by atoms with E-state index in [2.05, 4.69) is 53.4 Å². The molecule has 0 radical (unpaired) electrons. The Balaban J connectivity index is 0.000000139. The predicted octanol–water partition coefficient (Wildman–Crippen LogP) is 10.2. The van der Waals surface area contributed by atoms with Crippen LogP contribution < -0.4 is 14.2 Å². The van der Waals surface area contributed by atoms with Crippen molar-refractivity contribution in [2.24, 2.45) is 0 Å². The van der Waals surface area contributed by atoms with Gasteiger partial charge in [-0.2, -0.15) is 31.1 Å². The van der Waals surface area contributed by atoms with E-state index in [0.29, 0.717) is 94.1 Å². The molecule has 9 aromatic heterocycles. The summed E-state index contributed by atoms with van der Waals surface area (Å²) in [7, 11) is 4.08. The number of hydrogen-bond donors (Lipinski definition) is 1. The number of carbonyl (C=O) groups excluding carboxylic acids is 1. The first-order chi connectivity index (χ1) is 40.6. The fraction of sp³-hybridized carbons (Fsp3) is 0.161. The van der Waals surface area contributed by atoms with E-state index in [1.165, 1.54) is 18.6 Å². The van der Waals surface area contributed by atoms with Crippen LogP contribution in [-0.4, -0.2) is 87.8 Å². The monoisotopic (exact) mass is 1110 g/mol. The number of ether oxygens (including phenoxy) is 3. The van der Waals surface area contributed by atoms with Gasteiger partial charge in [0.1, 0.15) is 95.6 Å². The zero-order chi connectivity index (χ0) is 57.5. The van der Waals surface area contributed by atoms with Crippen molar-refractivity contribution in [3.05, 3.63) is 199 Å². The summed E-state index contributed by atoms with van der Waals surface area (Å²) in [6.07, 6.45) is 21.1. The second-order valence-electron chi connectivity index (χ2n) is 18.9. The molecule has 0 aliphatic rings. The Morgan fingerprint density at radius 2 is 0.892 bits per heavy atom. The van der Waals surface area contributed by atoms with E-state index in [9.17, 15) is 20.6 Å². The zero-order valence-electron chi connectivity index (χ0n) is 44.9. The number of nitriles is 3. The van der Waals surface area contributed by atoms with Crippen LogP contribution in [0.25, 0.3) is 66.9 Å². The number of carbonyl (C=O) groups is 1. The molecule has 412 valence electrons. The van der Waals surface area contributed by atoms with Crippen molar-refractivity contribution < 1.29 is 37.4 Å². The summed E-state index contributed by atoms with van der Waals surface area (Å²) in [4.78, 5) is 24.6. The minimum Gasteiger partial charge on any atom is -0.489 e. The number of rotatable bonds is 19. The molecule has 9 heterocycles.